The molecule has 0 bridgehead atoms. The zero-order valence-corrected chi connectivity index (χ0v) is 23.2. The van der Waals surface area contributed by atoms with E-state index in [0.29, 0.717) is 28.8 Å². The Morgan fingerprint density at radius 2 is 1.93 bits per heavy atom. The molecule has 0 saturated heterocycles. The molecule has 0 atom stereocenters. The number of benzene rings is 2. The van der Waals surface area contributed by atoms with Crippen LogP contribution >= 0.6 is 24.0 Å². The second-order valence-corrected chi connectivity index (χ2v) is 9.53. The lowest BCUT2D eigenvalue weighted by molar-refractivity contribution is 0.102. The summed E-state index contributed by atoms with van der Waals surface area (Å²) in [4.78, 5) is 22.1. The number of hydrogen-bond donors (Lipinski definition) is 4. The van der Waals surface area contributed by atoms with Crippen LogP contribution in [-0.4, -0.2) is 35.9 Å². The Kier molecular flexibility index (Phi) is 8.50. The minimum absolute atomic E-state index is 0. The van der Waals surface area contributed by atoms with Crippen LogP contribution in [0.1, 0.15) is 41.5 Å². The van der Waals surface area contributed by atoms with Gasteiger partial charge in [-0.15, -0.1) is 12.4 Å². The molecule has 40 heavy (non-hydrogen) atoms. The van der Waals surface area contributed by atoms with Crippen LogP contribution < -0.4 is 16.0 Å². The molecule has 14 heteroatoms. The Labute approximate surface area is 239 Å². The highest BCUT2D eigenvalue weighted by Crippen LogP contribution is 2.27. The van der Waals surface area contributed by atoms with Crippen LogP contribution in [0.15, 0.2) is 48.7 Å². The Bertz CT molecular complexity index is 1690. The molecule has 0 unspecified atom stereocenters. The van der Waals surface area contributed by atoms with E-state index in [1.807, 2.05) is 26.8 Å². The van der Waals surface area contributed by atoms with Gasteiger partial charge in [0.05, 0.1) is 27.9 Å². The van der Waals surface area contributed by atoms with Gasteiger partial charge in [0, 0.05) is 30.4 Å². The second-order valence-electron chi connectivity index (χ2n) is 9.12. The van der Waals surface area contributed by atoms with E-state index in [9.17, 15) is 13.6 Å². The average molecular weight is 588 g/mol. The zero-order chi connectivity index (χ0) is 27.7. The standard InChI is InChI=1S/C26H24ClF2N9O.ClH/c1-13(2)38-24-18(12-31-38)23(33-22-8-14(3)36-37-22)34-26(35-24)30-11-15-4-6-19(27)17(9-15)25(39)32-21-10-16(28)5-7-20(21)29;/h4-10,12-13H,11H2,1-3H3,(H,32,39)(H3,30,33,34,35,36,37);1H. The highest BCUT2D eigenvalue weighted by Gasteiger charge is 2.17. The van der Waals surface area contributed by atoms with Crippen molar-refractivity contribution in [2.24, 2.45) is 0 Å². The average Bonchev–Trinajstić information content (AvgIpc) is 3.51. The van der Waals surface area contributed by atoms with Crippen molar-refractivity contribution in [2.45, 2.75) is 33.4 Å². The summed E-state index contributed by atoms with van der Waals surface area (Å²) in [5, 5.41) is 21.2. The number of carbonyl (C=O) groups is 1. The highest BCUT2D eigenvalue weighted by molar-refractivity contribution is 6.34. The summed E-state index contributed by atoms with van der Waals surface area (Å²) >= 11 is 6.24. The first-order chi connectivity index (χ1) is 18.7. The SMILES string of the molecule is Cc1cc(Nc2nc(NCc3ccc(Cl)c(C(=O)Nc4cc(F)ccc4F)c3)nc3c2cnn3C(C)C)n[nH]1.Cl. The van der Waals surface area contributed by atoms with Crippen LogP contribution in [-0.2, 0) is 6.54 Å². The van der Waals surface area contributed by atoms with Gasteiger partial charge in [0.15, 0.2) is 11.5 Å². The molecule has 5 rings (SSSR count). The van der Waals surface area contributed by atoms with E-state index in [1.165, 1.54) is 0 Å². The number of nitrogens with one attached hydrogen (secondary N) is 4. The Hall–Kier alpha value is -4.29. The van der Waals surface area contributed by atoms with Crippen LogP contribution in [0, 0.1) is 18.6 Å². The number of amides is 1. The molecule has 0 saturated carbocycles. The van der Waals surface area contributed by atoms with Crippen molar-refractivity contribution in [2.75, 3.05) is 16.0 Å². The third kappa shape index (κ3) is 6.13. The van der Waals surface area contributed by atoms with Crippen molar-refractivity contribution in [3.05, 3.63) is 82.1 Å². The fourth-order valence-corrected chi connectivity index (χ4v) is 4.11. The lowest BCUT2D eigenvalue weighted by Crippen LogP contribution is -2.15. The Balaban J connectivity index is 0.00000370. The summed E-state index contributed by atoms with van der Waals surface area (Å²) in [6.07, 6.45) is 1.70. The quantitative estimate of drug-likeness (QED) is 0.165. The number of hydrogen-bond acceptors (Lipinski definition) is 7. The first-order valence-corrected chi connectivity index (χ1v) is 12.4. The van der Waals surface area contributed by atoms with Gasteiger partial charge in [-0.25, -0.2) is 13.5 Å². The zero-order valence-electron chi connectivity index (χ0n) is 21.6. The fraction of sp³-hybridized carbons (Fsp3) is 0.192. The third-order valence-electron chi connectivity index (χ3n) is 5.80. The number of aromatic amines is 1. The Morgan fingerprint density at radius 1 is 1.12 bits per heavy atom. The van der Waals surface area contributed by atoms with E-state index in [4.69, 9.17) is 11.6 Å². The van der Waals surface area contributed by atoms with E-state index in [0.717, 1.165) is 29.3 Å². The molecule has 0 aliphatic heterocycles. The van der Waals surface area contributed by atoms with E-state index in [-0.39, 0.29) is 41.3 Å². The van der Waals surface area contributed by atoms with Crippen molar-refractivity contribution >= 4 is 64.2 Å². The molecule has 5 aromatic rings. The number of aromatic nitrogens is 6. The third-order valence-corrected chi connectivity index (χ3v) is 6.13. The number of fused-ring (bicyclic) bond motifs is 1. The van der Waals surface area contributed by atoms with Crippen LogP contribution in [0.3, 0.4) is 0 Å². The van der Waals surface area contributed by atoms with E-state index in [1.54, 1.807) is 29.1 Å². The van der Waals surface area contributed by atoms with E-state index in [2.05, 4.69) is 41.2 Å². The van der Waals surface area contributed by atoms with Gasteiger partial charge in [-0.2, -0.15) is 20.2 Å². The smallest absolute Gasteiger partial charge is 0.257 e. The molecule has 0 radical (unpaired) electrons. The highest BCUT2D eigenvalue weighted by atomic mass is 35.5. The first kappa shape index (κ1) is 28.7. The van der Waals surface area contributed by atoms with Gasteiger partial charge in [-0.05, 0) is 50.6 Å². The van der Waals surface area contributed by atoms with Gasteiger partial charge in [0.2, 0.25) is 5.95 Å². The molecule has 3 aromatic heterocycles. The maximum absolute atomic E-state index is 14.0. The number of anilines is 4. The van der Waals surface area contributed by atoms with Crippen molar-refractivity contribution in [3.8, 4) is 0 Å². The van der Waals surface area contributed by atoms with Crippen molar-refractivity contribution in [3.63, 3.8) is 0 Å². The molecule has 1 amide bonds. The monoisotopic (exact) mass is 587 g/mol. The van der Waals surface area contributed by atoms with Gasteiger partial charge >= 0.3 is 0 Å². The minimum atomic E-state index is -0.763. The lowest BCUT2D eigenvalue weighted by Gasteiger charge is -2.12. The van der Waals surface area contributed by atoms with Crippen LogP contribution in [0.4, 0.5) is 32.1 Å². The number of aryl methyl sites for hydroxylation is 1. The summed E-state index contributed by atoms with van der Waals surface area (Å²) in [7, 11) is 0. The molecule has 4 N–H and O–H groups in total. The van der Waals surface area contributed by atoms with E-state index >= 15 is 0 Å². The molecular formula is C26H25Cl2F2N9O. The van der Waals surface area contributed by atoms with Crippen LogP contribution in [0.25, 0.3) is 11.0 Å². The summed E-state index contributed by atoms with van der Waals surface area (Å²) < 4.78 is 29.3. The Morgan fingerprint density at radius 3 is 2.65 bits per heavy atom. The van der Waals surface area contributed by atoms with Gasteiger partial charge in [0.25, 0.3) is 5.91 Å². The van der Waals surface area contributed by atoms with Gasteiger partial charge in [0.1, 0.15) is 17.5 Å². The number of rotatable bonds is 8. The van der Waals surface area contributed by atoms with Crippen molar-refractivity contribution < 1.29 is 13.6 Å². The molecule has 0 spiro atoms. The predicted octanol–water partition coefficient (Wildman–Crippen LogP) is 6.40. The molecule has 0 aliphatic carbocycles. The van der Waals surface area contributed by atoms with Gasteiger partial charge < -0.3 is 16.0 Å². The summed E-state index contributed by atoms with van der Waals surface area (Å²) in [5.41, 5.74) is 2.02. The molecule has 208 valence electrons. The molecule has 0 aliphatic rings. The normalized spacial score (nSPS) is 11.0. The van der Waals surface area contributed by atoms with E-state index < -0.39 is 17.5 Å². The molecular weight excluding hydrogens is 563 g/mol. The second kappa shape index (κ2) is 11.8. The fourth-order valence-electron chi connectivity index (χ4n) is 3.90. The molecule has 10 nitrogen and oxygen atoms in total. The topological polar surface area (TPSA) is 125 Å². The maximum Gasteiger partial charge on any atom is 0.257 e. The minimum Gasteiger partial charge on any atom is -0.350 e. The molecule has 0 fully saturated rings. The lowest BCUT2D eigenvalue weighted by atomic mass is 10.1. The van der Waals surface area contributed by atoms with Crippen molar-refractivity contribution in [1.82, 2.24) is 29.9 Å². The predicted molar refractivity (Wildman–Crippen MR) is 153 cm³/mol. The summed E-state index contributed by atoms with van der Waals surface area (Å²) in [6, 6.07) is 9.56. The van der Waals surface area contributed by atoms with Gasteiger partial charge in [-0.3, -0.25) is 9.89 Å². The molecule has 2 aromatic carbocycles. The number of carbonyl (C=O) groups excluding carboxylic acids is 1. The van der Waals surface area contributed by atoms with Gasteiger partial charge in [-0.1, -0.05) is 17.7 Å². The summed E-state index contributed by atoms with van der Waals surface area (Å²) in [6.45, 7) is 6.14. The number of nitrogens with zero attached hydrogens (tertiary/aromatic N) is 5. The number of halogens is 4. The number of H-pyrrole nitrogens is 1. The van der Waals surface area contributed by atoms with Crippen LogP contribution in [0.2, 0.25) is 5.02 Å². The first-order valence-electron chi connectivity index (χ1n) is 12.0. The van der Waals surface area contributed by atoms with Crippen molar-refractivity contribution in [1.29, 1.82) is 0 Å². The maximum atomic E-state index is 14.0. The van der Waals surface area contributed by atoms with Crippen LogP contribution in [0.5, 0.6) is 0 Å². The largest absolute Gasteiger partial charge is 0.350 e. The summed E-state index contributed by atoms with van der Waals surface area (Å²) in [5.74, 6) is -0.676. The molecule has 3 heterocycles.